The highest BCUT2D eigenvalue weighted by atomic mass is 16.5. The second kappa shape index (κ2) is 8.63. The van der Waals surface area contributed by atoms with Gasteiger partial charge in [0, 0.05) is 0 Å². The van der Waals surface area contributed by atoms with E-state index in [0.717, 1.165) is 17.9 Å². The molecule has 0 unspecified atom stereocenters. The van der Waals surface area contributed by atoms with Gasteiger partial charge in [0.15, 0.2) is 0 Å². The van der Waals surface area contributed by atoms with E-state index in [1.54, 1.807) is 0 Å². The lowest BCUT2D eigenvalue weighted by Gasteiger charge is -2.17. The summed E-state index contributed by atoms with van der Waals surface area (Å²) < 4.78 is 6.12. The van der Waals surface area contributed by atoms with Crippen molar-refractivity contribution in [1.29, 1.82) is 0 Å². The molecule has 0 N–H and O–H groups in total. The van der Waals surface area contributed by atoms with Crippen LogP contribution < -0.4 is 4.74 Å². The number of benzene rings is 2. The van der Waals surface area contributed by atoms with Gasteiger partial charge in [-0.15, -0.1) is 0 Å². The van der Waals surface area contributed by atoms with Gasteiger partial charge in [0.25, 0.3) is 0 Å². The molecule has 0 aliphatic heterocycles. The van der Waals surface area contributed by atoms with Crippen LogP contribution in [0.15, 0.2) is 42.5 Å². The molecule has 0 heterocycles. The fourth-order valence-corrected chi connectivity index (χ4v) is 2.96. The molecule has 0 spiro atoms. The first-order valence-electron chi connectivity index (χ1n) is 8.60. The molecule has 2 aromatic rings. The summed E-state index contributed by atoms with van der Waals surface area (Å²) in [6.07, 6.45) is 7.41. The third-order valence-corrected chi connectivity index (χ3v) is 4.23. The molecule has 0 atom stereocenters. The maximum Gasteiger partial charge on any atom is 0.130 e. The van der Waals surface area contributed by atoms with Gasteiger partial charge in [-0.05, 0) is 61.1 Å². The Morgan fingerprint density at radius 2 is 1.59 bits per heavy atom. The Kier molecular flexibility index (Phi) is 6.51. The van der Waals surface area contributed by atoms with Crippen molar-refractivity contribution in [3.8, 4) is 11.5 Å². The van der Waals surface area contributed by atoms with Crippen molar-refractivity contribution in [1.82, 2.24) is 0 Å². The Morgan fingerprint density at radius 3 is 2.27 bits per heavy atom. The minimum Gasteiger partial charge on any atom is -0.457 e. The highest BCUT2D eigenvalue weighted by Crippen LogP contribution is 2.31. The molecule has 0 bridgehead atoms. The van der Waals surface area contributed by atoms with Gasteiger partial charge < -0.3 is 4.74 Å². The quantitative estimate of drug-likeness (QED) is 0.507. The smallest absolute Gasteiger partial charge is 0.130 e. The largest absolute Gasteiger partial charge is 0.457 e. The highest BCUT2D eigenvalue weighted by Gasteiger charge is 2.11. The normalized spacial score (nSPS) is 10.7. The van der Waals surface area contributed by atoms with E-state index < -0.39 is 0 Å². The number of unbranched alkanes of at least 4 members (excludes halogenated alkanes) is 3. The van der Waals surface area contributed by atoms with Crippen molar-refractivity contribution in [3.63, 3.8) is 0 Å². The molecule has 1 nitrogen and oxygen atoms in total. The van der Waals surface area contributed by atoms with Crippen molar-refractivity contribution >= 4 is 0 Å². The molecule has 2 rings (SSSR count). The fourth-order valence-electron chi connectivity index (χ4n) is 2.96. The molecule has 118 valence electrons. The van der Waals surface area contributed by atoms with Gasteiger partial charge in [-0.2, -0.15) is 0 Å². The summed E-state index contributed by atoms with van der Waals surface area (Å²) in [6, 6.07) is 14.4. The zero-order valence-electron chi connectivity index (χ0n) is 14.2. The van der Waals surface area contributed by atoms with Crippen molar-refractivity contribution in [2.24, 2.45) is 0 Å². The molecule has 0 radical (unpaired) electrons. The first kappa shape index (κ1) is 16.6. The van der Waals surface area contributed by atoms with Crippen LogP contribution in [0.5, 0.6) is 11.5 Å². The molecule has 0 amide bonds. The van der Waals surface area contributed by atoms with Crippen LogP contribution in [-0.2, 0) is 12.8 Å². The van der Waals surface area contributed by atoms with Crippen molar-refractivity contribution in [2.45, 2.75) is 59.3 Å². The van der Waals surface area contributed by atoms with E-state index in [0.29, 0.717) is 0 Å². The second-order valence-electron chi connectivity index (χ2n) is 5.92. The Hall–Kier alpha value is -1.76. The molecule has 0 aromatic heterocycles. The van der Waals surface area contributed by atoms with Crippen LogP contribution >= 0.6 is 0 Å². The highest BCUT2D eigenvalue weighted by molar-refractivity contribution is 5.46. The maximum absolute atomic E-state index is 6.12. The molecule has 22 heavy (non-hydrogen) atoms. The zero-order valence-corrected chi connectivity index (χ0v) is 14.2. The summed E-state index contributed by atoms with van der Waals surface area (Å²) in [7, 11) is 0. The van der Waals surface area contributed by atoms with Crippen molar-refractivity contribution in [3.05, 3.63) is 59.2 Å². The van der Waals surface area contributed by atoms with E-state index >= 15 is 0 Å². The summed E-state index contributed by atoms with van der Waals surface area (Å²) in [5, 5.41) is 0. The Morgan fingerprint density at radius 1 is 0.818 bits per heavy atom. The average Bonchev–Trinajstić information content (AvgIpc) is 2.55. The Labute approximate surface area is 135 Å². The number of aryl methyl sites for hydroxylation is 1. The lowest BCUT2D eigenvalue weighted by Crippen LogP contribution is -2.00. The minimum atomic E-state index is 0.915. The third kappa shape index (κ3) is 4.37. The van der Waals surface area contributed by atoms with E-state index in [4.69, 9.17) is 4.74 Å². The number of hydrogen-bond donors (Lipinski definition) is 0. The SMILES string of the molecule is CCCCCCc1c(C)ccc(Oc2ccccc2)c1CC. The fraction of sp³-hybridized carbons (Fsp3) is 0.429. The van der Waals surface area contributed by atoms with Crippen LogP contribution in [0.1, 0.15) is 56.2 Å². The summed E-state index contributed by atoms with van der Waals surface area (Å²) in [5.74, 6) is 1.93. The third-order valence-electron chi connectivity index (χ3n) is 4.23. The van der Waals surface area contributed by atoms with Crippen molar-refractivity contribution < 1.29 is 4.74 Å². The predicted molar refractivity (Wildman–Crippen MR) is 94.9 cm³/mol. The molecule has 0 saturated carbocycles. The molecule has 0 aliphatic carbocycles. The summed E-state index contributed by atoms with van der Waals surface area (Å²) >= 11 is 0. The molecule has 0 aliphatic rings. The van der Waals surface area contributed by atoms with Gasteiger partial charge in [-0.3, -0.25) is 0 Å². The number of hydrogen-bond acceptors (Lipinski definition) is 1. The van der Waals surface area contributed by atoms with Gasteiger partial charge in [0.2, 0.25) is 0 Å². The van der Waals surface area contributed by atoms with Gasteiger partial charge in [0.05, 0.1) is 0 Å². The van der Waals surface area contributed by atoms with Crippen LogP contribution in [0, 0.1) is 6.92 Å². The van der Waals surface area contributed by atoms with E-state index in [2.05, 4.69) is 32.9 Å². The zero-order chi connectivity index (χ0) is 15.8. The minimum absolute atomic E-state index is 0.915. The monoisotopic (exact) mass is 296 g/mol. The number of rotatable bonds is 8. The lowest BCUT2D eigenvalue weighted by molar-refractivity contribution is 0.475. The summed E-state index contributed by atoms with van der Waals surface area (Å²) in [6.45, 7) is 6.71. The first-order chi connectivity index (χ1) is 10.8. The van der Waals surface area contributed by atoms with Crippen LogP contribution in [0.3, 0.4) is 0 Å². The van der Waals surface area contributed by atoms with E-state index in [9.17, 15) is 0 Å². The van der Waals surface area contributed by atoms with E-state index in [1.807, 2.05) is 30.3 Å². The Bertz CT molecular complexity index is 572. The topological polar surface area (TPSA) is 9.23 Å². The summed E-state index contributed by atoms with van der Waals surface area (Å²) in [5.41, 5.74) is 4.26. The second-order valence-corrected chi connectivity index (χ2v) is 5.92. The van der Waals surface area contributed by atoms with Gasteiger partial charge in [0.1, 0.15) is 11.5 Å². The van der Waals surface area contributed by atoms with Crippen molar-refractivity contribution in [2.75, 3.05) is 0 Å². The van der Waals surface area contributed by atoms with Gasteiger partial charge in [-0.25, -0.2) is 0 Å². The standard InChI is InChI=1S/C21H28O/c1-4-6-7-11-14-20-17(3)15-16-21(19(20)5-2)22-18-12-9-8-10-13-18/h8-10,12-13,15-16H,4-7,11,14H2,1-3H3. The molecule has 2 aromatic carbocycles. The lowest BCUT2D eigenvalue weighted by atomic mass is 9.94. The molecular weight excluding hydrogens is 268 g/mol. The first-order valence-corrected chi connectivity index (χ1v) is 8.60. The number of para-hydroxylation sites is 1. The van der Waals surface area contributed by atoms with E-state index in [-0.39, 0.29) is 0 Å². The molecule has 1 heteroatoms. The van der Waals surface area contributed by atoms with Gasteiger partial charge >= 0.3 is 0 Å². The van der Waals surface area contributed by atoms with Crippen LogP contribution in [0.4, 0.5) is 0 Å². The summed E-state index contributed by atoms with van der Waals surface area (Å²) in [4.78, 5) is 0. The molecule has 0 fully saturated rings. The van der Waals surface area contributed by atoms with Crippen LogP contribution in [0.25, 0.3) is 0 Å². The maximum atomic E-state index is 6.12. The van der Waals surface area contributed by atoms with Gasteiger partial charge in [-0.1, -0.05) is 57.4 Å². The molecule has 0 saturated heterocycles. The Balaban J connectivity index is 2.20. The van der Waals surface area contributed by atoms with Crippen LogP contribution in [0.2, 0.25) is 0 Å². The molecular formula is C21H28O. The average molecular weight is 296 g/mol. The number of ether oxygens (including phenoxy) is 1. The predicted octanol–water partition coefficient (Wildman–Crippen LogP) is 6.47. The van der Waals surface area contributed by atoms with E-state index in [1.165, 1.54) is 48.8 Å². The van der Waals surface area contributed by atoms with Crippen LogP contribution in [-0.4, -0.2) is 0 Å².